The molecule has 0 saturated carbocycles. The van der Waals surface area contributed by atoms with Crippen LogP contribution in [-0.2, 0) is 27.5 Å². The number of halogens is 9. The summed E-state index contributed by atoms with van der Waals surface area (Å²) >= 11 is 4.64. The summed E-state index contributed by atoms with van der Waals surface area (Å²) in [5.41, 5.74) is -3.35. The number of amides is 1. The Morgan fingerprint density at radius 1 is 0.809 bits per heavy atom. The van der Waals surface area contributed by atoms with Gasteiger partial charge in [0, 0.05) is 29.6 Å². The van der Waals surface area contributed by atoms with Gasteiger partial charge in [0.2, 0.25) is 0 Å². The minimum atomic E-state index is -4.72. The van der Waals surface area contributed by atoms with E-state index < -0.39 is 76.6 Å². The van der Waals surface area contributed by atoms with Crippen LogP contribution in [0.3, 0.4) is 0 Å². The Morgan fingerprint density at radius 2 is 1.30 bits per heavy atom. The molecular weight excluding hydrogens is 672 g/mol. The van der Waals surface area contributed by atoms with Crippen molar-refractivity contribution in [3.05, 3.63) is 70.3 Å². The van der Waals surface area contributed by atoms with E-state index in [0.717, 1.165) is 23.1 Å². The molecule has 0 bridgehead atoms. The van der Waals surface area contributed by atoms with Crippen LogP contribution in [0.5, 0.6) is 0 Å². The maximum absolute atomic E-state index is 14.2. The highest BCUT2D eigenvalue weighted by Crippen LogP contribution is 2.42. The zero-order chi connectivity index (χ0) is 36.1. The summed E-state index contributed by atoms with van der Waals surface area (Å²) in [5, 5.41) is 27.3. The molecule has 0 aromatic heterocycles. The number of nitrogens with zero attached hydrogens (tertiary/aromatic N) is 2. The van der Waals surface area contributed by atoms with E-state index >= 15 is 0 Å². The SMILES string of the molecule is CCl.CN1CCC(C(=O)O)CC1(C)c1ccc(C(F)(F)F)cc1F.O=C(O)C1CCN(C(=O)O)C(c2ccc(C(F)(F)F)cc2F)C1. The molecule has 4 atom stereocenters. The fourth-order valence-electron chi connectivity index (χ4n) is 5.68. The largest absolute Gasteiger partial charge is 0.481 e. The van der Waals surface area contributed by atoms with Crippen molar-refractivity contribution in [2.45, 2.75) is 56.5 Å². The third-order valence-electron chi connectivity index (χ3n) is 8.41. The van der Waals surface area contributed by atoms with Gasteiger partial charge in [0.05, 0.1) is 29.0 Å². The van der Waals surface area contributed by atoms with E-state index in [2.05, 4.69) is 11.6 Å². The summed E-state index contributed by atoms with van der Waals surface area (Å²) in [6.45, 7) is 1.97. The second-order valence-electron chi connectivity index (χ2n) is 11.2. The first kappa shape index (κ1) is 39.5. The molecule has 2 aliphatic rings. The molecule has 2 saturated heterocycles. The number of hydrogen-bond acceptors (Lipinski definition) is 4. The third-order valence-corrected chi connectivity index (χ3v) is 8.41. The summed E-state index contributed by atoms with van der Waals surface area (Å²) in [7, 11) is 1.72. The second kappa shape index (κ2) is 15.5. The summed E-state index contributed by atoms with van der Waals surface area (Å²) in [6.07, 6.45) is -8.77. The van der Waals surface area contributed by atoms with Crippen molar-refractivity contribution < 1.29 is 64.8 Å². The average Bonchev–Trinajstić information content (AvgIpc) is 2.98. The van der Waals surface area contributed by atoms with Gasteiger partial charge in [-0.3, -0.25) is 14.5 Å². The van der Waals surface area contributed by atoms with Crippen LogP contribution in [0.25, 0.3) is 0 Å². The minimum Gasteiger partial charge on any atom is -0.481 e. The van der Waals surface area contributed by atoms with Gasteiger partial charge in [0.15, 0.2) is 0 Å². The number of carboxylic acid groups (broad SMARTS) is 3. The van der Waals surface area contributed by atoms with Gasteiger partial charge in [-0.2, -0.15) is 26.3 Å². The predicted molar refractivity (Wildman–Crippen MR) is 153 cm³/mol. The molecule has 2 fully saturated rings. The van der Waals surface area contributed by atoms with E-state index in [1.54, 1.807) is 18.9 Å². The molecule has 2 aliphatic heterocycles. The van der Waals surface area contributed by atoms with Gasteiger partial charge < -0.3 is 20.2 Å². The van der Waals surface area contributed by atoms with Crippen molar-refractivity contribution in [2.75, 3.05) is 26.5 Å². The number of piperidine rings is 2. The molecule has 2 heterocycles. The van der Waals surface area contributed by atoms with Crippen molar-refractivity contribution >= 4 is 29.6 Å². The highest BCUT2D eigenvalue weighted by atomic mass is 35.5. The number of likely N-dealkylation sites (tertiary alicyclic amines) is 2. The first-order valence-corrected chi connectivity index (χ1v) is 14.7. The topological polar surface area (TPSA) is 118 Å². The van der Waals surface area contributed by atoms with Gasteiger partial charge in [-0.25, -0.2) is 13.6 Å². The standard InChI is InChI=1S/C15H17F4NO2.C14H13F4NO4.CH3Cl/c1-14(8-9(13(21)22)5-6-20(14)2)11-4-3-10(7-12(11)16)15(17,18)19;15-10-6-8(14(16,17)18)1-2-9(10)11-5-7(12(20)21)3-4-19(11)13(22)23;1-2/h3-4,7,9H,5-6,8H2,1-2H3,(H,21,22);1-2,6-7,11H,3-5H2,(H,20,21)(H,22,23);1H3. The highest BCUT2D eigenvalue weighted by Gasteiger charge is 2.43. The first-order chi connectivity index (χ1) is 21.7. The van der Waals surface area contributed by atoms with Crippen LogP contribution in [0.2, 0.25) is 0 Å². The number of benzene rings is 2. The number of hydrogen-bond donors (Lipinski definition) is 3. The maximum Gasteiger partial charge on any atom is 0.416 e. The van der Waals surface area contributed by atoms with Crippen LogP contribution in [-0.4, -0.2) is 69.7 Å². The zero-order valence-corrected chi connectivity index (χ0v) is 26.1. The van der Waals surface area contributed by atoms with Crippen molar-refractivity contribution in [3.8, 4) is 0 Å². The van der Waals surface area contributed by atoms with Crippen molar-refractivity contribution in [2.24, 2.45) is 11.8 Å². The molecule has 4 rings (SSSR count). The molecule has 262 valence electrons. The van der Waals surface area contributed by atoms with Gasteiger partial charge in [-0.15, -0.1) is 11.6 Å². The zero-order valence-electron chi connectivity index (χ0n) is 25.3. The van der Waals surface area contributed by atoms with Gasteiger partial charge >= 0.3 is 30.4 Å². The van der Waals surface area contributed by atoms with E-state index in [0.29, 0.717) is 31.2 Å². The average molecular weight is 705 g/mol. The Labute approximate surface area is 269 Å². The number of carboxylic acids is 2. The first-order valence-electron chi connectivity index (χ1n) is 13.9. The number of carbonyl (C=O) groups is 3. The van der Waals surface area contributed by atoms with Crippen LogP contribution in [0, 0.1) is 23.5 Å². The van der Waals surface area contributed by atoms with Crippen molar-refractivity contribution in [3.63, 3.8) is 0 Å². The fraction of sp³-hybridized carbons (Fsp3) is 0.500. The Bertz CT molecular complexity index is 1440. The van der Waals surface area contributed by atoms with Crippen LogP contribution in [0.4, 0.5) is 39.9 Å². The minimum absolute atomic E-state index is 0.0698. The van der Waals surface area contributed by atoms with Crippen LogP contribution >= 0.6 is 11.6 Å². The smallest absolute Gasteiger partial charge is 0.416 e. The predicted octanol–water partition coefficient (Wildman–Crippen LogP) is 7.70. The van der Waals surface area contributed by atoms with Gasteiger partial charge in [-0.05, 0) is 70.5 Å². The molecule has 2 aromatic carbocycles. The van der Waals surface area contributed by atoms with E-state index in [-0.39, 0.29) is 36.9 Å². The molecule has 8 nitrogen and oxygen atoms in total. The molecule has 1 amide bonds. The van der Waals surface area contributed by atoms with E-state index in [1.807, 2.05) is 0 Å². The molecule has 2 aromatic rings. The van der Waals surface area contributed by atoms with Crippen LogP contribution in [0.15, 0.2) is 36.4 Å². The Morgan fingerprint density at radius 3 is 1.74 bits per heavy atom. The number of aliphatic carboxylic acids is 2. The number of rotatable bonds is 4. The van der Waals surface area contributed by atoms with Crippen LogP contribution < -0.4 is 0 Å². The summed E-state index contributed by atoms with van der Waals surface area (Å²) in [5.74, 6) is -5.79. The monoisotopic (exact) mass is 704 g/mol. The van der Waals surface area contributed by atoms with Crippen LogP contribution in [0.1, 0.15) is 60.9 Å². The van der Waals surface area contributed by atoms with E-state index in [1.165, 1.54) is 6.38 Å². The molecule has 0 spiro atoms. The molecule has 3 N–H and O–H groups in total. The summed E-state index contributed by atoms with van der Waals surface area (Å²) in [6, 6.07) is 3.09. The Kier molecular flexibility index (Phi) is 13.0. The summed E-state index contributed by atoms with van der Waals surface area (Å²) < 4.78 is 104. The number of alkyl halides is 7. The molecule has 47 heavy (non-hydrogen) atoms. The molecular formula is C30H33ClF8N2O6. The lowest BCUT2D eigenvalue weighted by atomic mass is 9.77. The lowest BCUT2D eigenvalue weighted by molar-refractivity contribution is -0.146. The van der Waals surface area contributed by atoms with Gasteiger partial charge in [0.1, 0.15) is 11.6 Å². The van der Waals surface area contributed by atoms with Gasteiger partial charge in [-0.1, -0.05) is 12.1 Å². The normalized spacial score (nSPS) is 23.5. The maximum atomic E-state index is 14.2. The third kappa shape index (κ3) is 9.46. The molecule has 0 radical (unpaired) electrons. The second-order valence-corrected chi connectivity index (χ2v) is 11.2. The molecule has 4 unspecified atom stereocenters. The van der Waals surface area contributed by atoms with Gasteiger partial charge in [0.25, 0.3) is 0 Å². The van der Waals surface area contributed by atoms with Crippen molar-refractivity contribution in [1.82, 2.24) is 9.80 Å². The van der Waals surface area contributed by atoms with E-state index in [4.69, 9.17) is 15.3 Å². The Balaban J connectivity index is 0.000000311. The highest BCUT2D eigenvalue weighted by molar-refractivity contribution is 6.15. The van der Waals surface area contributed by atoms with Crippen molar-refractivity contribution in [1.29, 1.82) is 0 Å². The summed E-state index contributed by atoms with van der Waals surface area (Å²) in [4.78, 5) is 36.1. The lowest BCUT2D eigenvalue weighted by Gasteiger charge is -2.45. The molecule has 0 aliphatic carbocycles. The Hall–Kier alpha value is -3.66. The quantitative estimate of drug-likeness (QED) is 0.221. The lowest BCUT2D eigenvalue weighted by Crippen LogP contribution is -2.49. The molecule has 17 heteroatoms. The van der Waals surface area contributed by atoms with E-state index in [9.17, 15) is 49.5 Å². The fourth-order valence-corrected chi connectivity index (χ4v) is 5.68.